The van der Waals surface area contributed by atoms with E-state index in [1.807, 2.05) is 0 Å². The summed E-state index contributed by atoms with van der Waals surface area (Å²) in [4.78, 5) is 2.58. The van der Waals surface area contributed by atoms with E-state index in [2.05, 4.69) is 36.3 Å². The molecule has 2 aliphatic rings. The van der Waals surface area contributed by atoms with Gasteiger partial charge in [0, 0.05) is 18.0 Å². The van der Waals surface area contributed by atoms with E-state index in [0.717, 1.165) is 6.04 Å². The summed E-state index contributed by atoms with van der Waals surface area (Å²) in [7, 11) is 0. The molecule has 0 aromatic heterocycles. The Hall–Kier alpha value is -0.500. The lowest BCUT2D eigenvalue weighted by atomic mass is 9.79. The summed E-state index contributed by atoms with van der Waals surface area (Å²) in [6.45, 7) is 8.29. The summed E-state index contributed by atoms with van der Waals surface area (Å²) in [5.74, 6) is 0. The van der Waals surface area contributed by atoms with E-state index < -0.39 is 0 Å². The average Bonchev–Trinajstić information content (AvgIpc) is 2.54. The van der Waals surface area contributed by atoms with Crippen molar-refractivity contribution in [3.8, 4) is 0 Å². The number of piperidine rings is 1. The van der Waals surface area contributed by atoms with E-state index in [1.165, 1.54) is 32.5 Å². The molecule has 2 aliphatic heterocycles. The summed E-state index contributed by atoms with van der Waals surface area (Å²) < 4.78 is 0. The molecule has 0 amide bonds. The van der Waals surface area contributed by atoms with Crippen LogP contribution in [0.1, 0.15) is 26.7 Å². The van der Waals surface area contributed by atoms with Crippen molar-refractivity contribution in [2.45, 2.75) is 32.7 Å². The molecule has 0 bridgehead atoms. The molecule has 1 spiro atoms. The van der Waals surface area contributed by atoms with Crippen molar-refractivity contribution in [2.75, 3.05) is 19.6 Å². The molecule has 0 aromatic rings. The van der Waals surface area contributed by atoms with Crippen molar-refractivity contribution >= 4 is 0 Å². The van der Waals surface area contributed by atoms with Crippen LogP contribution in [0.4, 0.5) is 0 Å². The van der Waals surface area contributed by atoms with Crippen LogP contribution < -0.4 is 5.32 Å². The van der Waals surface area contributed by atoms with Crippen LogP contribution in [0.25, 0.3) is 0 Å². The van der Waals surface area contributed by atoms with Crippen molar-refractivity contribution < 1.29 is 0 Å². The zero-order valence-corrected chi connectivity index (χ0v) is 8.71. The van der Waals surface area contributed by atoms with Crippen LogP contribution in [-0.2, 0) is 0 Å². The molecule has 2 heterocycles. The van der Waals surface area contributed by atoms with Gasteiger partial charge in [-0.15, -0.1) is 0 Å². The lowest BCUT2D eigenvalue weighted by Gasteiger charge is -2.39. The third-order valence-corrected chi connectivity index (χ3v) is 3.53. The normalized spacial score (nSPS) is 27.0. The van der Waals surface area contributed by atoms with Gasteiger partial charge in [0.25, 0.3) is 0 Å². The Morgan fingerprint density at radius 2 is 2.00 bits per heavy atom. The van der Waals surface area contributed by atoms with Gasteiger partial charge in [-0.25, -0.2) is 0 Å². The molecule has 0 saturated carbocycles. The van der Waals surface area contributed by atoms with Gasteiger partial charge in [-0.1, -0.05) is 6.08 Å². The van der Waals surface area contributed by atoms with Crippen LogP contribution in [0, 0.1) is 5.41 Å². The molecule has 0 aliphatic carbocycles. The molecular formula is C11H20N2. The molecule has 0 atom stereocenters. The molecule has 1 N–H and O–H groups in total. The first kappa shape index (κ1) is 9.07. The fourth-order valence-electron chi connectivity index (χ4n) is 2.39. The van der Waals surface area contributed by atoms with Gasteiger partial charge in [0.15, 0.2) is 0 Å². The van der Waals surface area contributed by atoms with Crippen molar-refractivity contribution in [3.63, 3.8) is 0 Å². The number of nitrogens with one attached hydrogen (secondary N) is 1. The van der Waals surface area contributed by atoms with Crippen molar-refractivity contribution in [2.24, 2.45) is 5.41 Å². The second kappa shape index (κ2) is 3.33. The van der Waals surface area contributed by atoms with Crippen LogP contribution in [0.5, 0.6) is 0 Å². The van der Waals surface area contributed by atoms with Gasteiger partial charge in [-0.3, -0.25) is 0 Å². The van der Waals surface area contributed by atoms with Gasteiger partial charge in [0.05, 0.1) is 0 Å². The molecule has 0 radical (unpaired) electrons. The molecule has 0 aromatic carbocycles. The van der Waals surface area contributed by atoms with Crippen LogP contribution in [0.3, 0.4) is 0 Å². The molecule has 2 rings (SSSR count). The van der Waals surface area contributed by atoms with Gasteiger partial charge in [-0.05, 0) is 46.0 Å². The second-order valence-electron chi connectivity index (χ2n) is 4.71. The topological polar surface area (TPSA) is 15.3 Å². The molecule has 0 unspecified atom stereocenters. The van der Waals surface area contributed by atoms with Gasteiger partial charge in [-0.2, -0.15) is 0 Å². The van der Waals surface area contributed by atoms with Crippen molar-refractivity contribution in [1.82, 2.24) is 10.2 Å². The largest absolute Gasteiger partial charge is 0.390 e. The highest BCUT2D eigenvalue weighted by molar-refractivity contribution is 5.08. The van der Waals surface area contributed by atoms with Gasteiger partial charge < -0.3 is 10.2 Å². The highest BCUT2D eigenvalue weighted by Crippen LogP contribution is 2.34. The maximum Gasteiger partial charge on any atom is 0.0234 e. The van der Waals surface area contributed by atoms with E-state index in [-0.39, 0.29) is 0 Å². The molecule has 2 heteroatoms. The smallest absolute Gasteiger partial charge is 0.0234 e. The van der Waals surface area contributed by atoms with E-state index in [4.69, 9.17) is 0 Å². The minimum atomic E-state index is 0.505. The van der Waals surface area contributed by atoms with E-state index in [0.29, 0.717) is 5.41 Å². The molecule has 1 fully saturated rings. The van der Waals surface area contributed by atoms with Gasteiger partial charge >= 0.3 is 0 Å². The molecule has 2 nitrogen and oxygen atoms in total. The Morgan fingerprint density at radius 1 is 1.31 bits per heavy atom. The summed E-state index contributed by atoms with van der Waals surface area (Å²) in [5.41, 5.74) is 0.505. The Labute approximate surface area is 81.0 Å². The van der Waals surface area contributed by atoms with Crippen LogP contribution in [0.2, 0.25) is 0 Å². The minimum absolute atomic E-state index is 0.505. The summed E-state index contributed by atoms with van der Waals surface area (Å²) in [5, 5.41) is 3.33. The quantitative estimate of drug-likeness (QED) is 0.659. The average molecular weight is 180 g/mol. The standard InChI is InChI=1S/C11H20N2/c1-10(2)13-7-4-11(5-8-13)3-6-12-9-11/h3,6,10,12H,4-5,7-9H2,1-2H3. The fourth-order valence-corrected chi connectivity index (χ4v) is 2.39. The molecule has 13 heavy (non-hydrogen) atoms. The van der Waals surface area contributed by atoms with Crippen molar-refractivity contribution in [3.05, 3.63) is 12.3 Å². The first-order valence-corrected chi connectivity index (χ1v) is 5.37. The molecule has 74 valence electrons. The van der Waals surface area contributed by atoms with E-state index in [9.17, 15) is 0 Å². The number of rotatable bonds is 1. The maximum atomic E-state index is 3.33. The first-order valence-electron chi connectivity index (χ1n) is 5.37. The van der Waals surface area contributed by atoms with Crippen molar-refractivity contribution in [1.29, 1.82) is 0 Å². The summed E-state index contributed by atoms with van der Waals surface area (Å²) in [6, 6.07) is 0.718. The first-order chi connectivity index (χ1) is 6.22. The van der Waals surface area contributed by atoms with E-state index in [1.54, 1.807) is 0 Å². The maximum absolute atomic E-state index is 3.33. The lowest BCUT2D eigenvalue weighted by molar-refractivity contribution is 0.119. The Bertz CT molecular complexity index is 200. The van der Waals surface area contributed by atoms with Crippen LogP contribution >= 0.6 is 0 Å². The number of hydrogen-bond donors (Lipinski definition) is 1. The minimum Gasteiger partial charge on any atom is -0.390 e. The zero-order chi connectivity index (χ0) is 9.31. The SMILES string of the molecule is CC(C)N1CCC2(C=CNC2)CC1. The predicted octanol–water partition coefficient (Wildman–Crippen LogP) is 1.59. The number of likely N-dealkylation sites (tertiary alicyclic amines) is 1. The highest BCUT2D eigenvalue weighted by Gasteiger charge is 2.34. The Morgan fingerprint density at radius 3 is 2.46 bits per heavy atom. The van der Waals surface area contributed by atoms with Crippen LogP contribution in [-0.4, -0.2) is 30.6 Å². The highest BCUT2D eigenvalue weighted by atomic mass is 15.2. The van der Waals surface area contributed by atoms with Gasteiger partial charge in [0.1, 0.15) is 0 Å². The third kappa shape index (κ3) is 1.73. The summed E-state index contributed by atoms with van der Waals surface area (Å²) >= 11 is 0. The second-order valence-corrected chi connectivity index (χ2v) is 4.71. The lowest BCUT2D eigenvalue weighted by Crippen LogP contribution is -2.44. The zero-order valence-electron chi connectivity index (χ0n) is 8.71. The number of hydrogen-bond acceptors (Lipinski definition) is 2. The Balaban J connectivity index is 1.92. The Kier molecular flexibility index (Phi) is 2.33. The fraction of sp³-hybridized carbons (Fsp3) is 0.818. The third-order valence-electron chi connectivity index (χ3n) is 3.53. The van der Waals surface area contributed by atoms with Crippen LogP contribution in [0.15, 0.2) is 12.3 Å². The summed E-state index contributed by atoms with van der Waals surface area (Å²) in [6.07, 6.45) is 7.17. The van der Waals surface area contributed by atoms with Gasteiger partial charge in [0.2, 0.25) is 0 Å². The predicted molar refractivity (Wildman–Crippen MR) is 55.5 cm³/mol. The van der Waals surface area contributed by atoms with E-state index >= 15 is 0 Å². The molecular weight excluding hydrogens is 160 g/mol. The monoisotopic (exact) mass is 180 g/mol. The molecule has 1 saturated heterocycles. The number of nitrogens with zero attached hydrogens (tertiary/aromatic N) is 1.